The minimum atomic E-state index is -0.609. The van der Waals surface area contributed by atoms with E-state index in [9.17, 15) is 9.90 Å². The molecule has 0 aliphatic heterocycles. The molecule has 2 unspecified atom stereocenters. The van der Waals surface area contributed by atoms with Crippen LogP contribution in [0.15, 0.2) is 0 Å². The third kappa shape index (κ3) is 4.76. The molecule has 0 spiro atoms. The predicted octanol–water partition coefficient (Wildman–Crippen LogP) is 1.59. The molecule has 0 radical (unpaired) electrons. The maximum Gasteiger partial charge on any atom is 0.154 e. The van der Waals surface area contributed by atoms with Gasteiger partial charge in [-0.2, -0.15) is 0 Å². The highest BCUT2D eigenvalue weighted by atomic mass is 16.3. The SMILES string of the molecule is CC(C)NC(C(=O)C(C)C)C(O)C(C)C. The van der Waals surface area contributed by atoms with Crippen LogP contribution in [0.3, 0.4) is 0 Å². The number of carbonyl (C=O) groups is 1. The van der Waals surface area contributed by atoms with Crippen LogP contribution in [-0.4, -0.2) is 29.1 Å². The minimum Gasteiger partial charge on any atom is -0.391 e. The van der Waals surface area contributed by atoms with Gasteiger partial charge in [-0.1, -0.05) is 41.5 Å². The Bertz CT molecular complexity index is 200. The molecule has 0 fully saturated rings. The maximum atomic E-state index is 11.9. The van der Waals surface area contributed by atoms with E-state index in [0.29, 0.717) is 0 Å². The van der Waals surface area contributed by atoms with Gasteiger partial charge in [-0.25, -0.2) is 0 Å². The molecule has 15 heavy (non-hydrogen) atoms. The standard InChI is InChI=1S/C12H25NO2/c1-7(2)11(14)10(13-9(5)6)12(15)8(3)4/h7-11,13-14H,1-6H3. The van der Waals surface area contributed by atoms with Crippen molar-refractivity contribution in [1.82, 2.24) is 5.32 Å². The first kappa shape index (κ1) is 14.6. The van der Waals surface area contributed by atoms with E-state index in [1.54, 1.807) is 0 Å². The number of carbonyl (C=O) groups excluding carboxylic acids is 1. The molecule has 2 N–H and O–H groups in total. The summed E-state index contributed by atoms with van der Waals surface area (Å²) < 4.78 is 0. The summed E-state index contributed by atoms with van der Waals surface area (Å²) >= 11 is 0. The molecule has 0 saturated carbocycles. The molecule has 3 nitrogen and oxygen atoms in total. The molecular formula is C12H25NO2. The Morgan fingerprint density at radius 2 is 1.53 bits per heavy atom. The number of hydrogen-bond acceptors (Lipinski definition) is 3. The number of aliphatic hydroxyl groups is 1. The zero-order valence-electron chi connectivity index (χ0n) is 10.7. The fourth-order valence-electron chi connectivity index (χ4n) is 1.45. The second kappa shape index (κ2) is 6.23. The smallest absolute Gasteiger partial charge is 0.154 e. The Morgan fingerprint density at radius 1 is 1.07 bits per heavy atom. The molecule has 0 rings (SSSR count). The fourth-order valence-corrected chi connectivity index (χ4v) is 1.45. The van der Waals surface area contributed by atoms with Crippen LogP contribution in [0.5, 0.6) is 0 Å². The molecular weight excluding hydrogens is 190 g/mol. The average molecular weight is 215 g/mol. The lowest BCUT2D eigenvalue weighted by molar-refractivity contribution is -0.127. The van der Waals surface area contributed by atoms with Gasteiger partial charge >= 0.3 is 0 Å². The molecule has 3 heteroatoms. The van der Waals surface area contributed by atoms with E-state index in [1.807, 2.05) is 41.5 Å². The monoisotopic (exact) mass is 215 g/mol. The van der Waals surface area contributed by atoms with E-state index in [1.165, 1.54) is 0 Å². The zero-order valence-corrected chi connectivity index (χ0v) is 10.7. The van der Waals surface area contributed by atoms with Crippen LogP contribution in [0.2, 0.25) is 0 Å². The summed E-state index contributed by atoms with van der Waals surface area (Å²) in [4.78, 5) is 11.9. The summed E-state index contributed by atoms with van der Waals surface area (Å²) in [6, 6.07) is -0.240. The van der Waals surface area contributed by atoms with Gasteiger partial charge in [0.05, 0.1) is 12.1 Å². The lowest BCUT2D eigenvalue weighted by atomic mass is 9.91. The average Bonchev–Trinajstić information content (AvgIpc) is 2.11. The predicted molar refractivity (Wildman–Crippen MR) is 62.7 cm³/mol. The maximum absolute atomic E-state index is 11.9. The van der Waals surface area contributed by atoms with Gasteiger partial charge in [0.25, 0.3) is 0 Å². The van der Waals surface area contributed by atoms with Crippen molar-refractivity contribution in [2.45, 2.75) is 59.7 Å². The van der Waals surface area contributed by atoms with E-state index in [0.717, 1.165) is 0 Å². The lowest BCUT2D eigenvalue weighted by Crippen LogP contribution is -2.52. The Balaban J connectivity index is 4.64. The van der Waals surface area contributed by atoms with Gasteiger partial charge in [0.2, 0.25) is 0 Å². The Kier molecular flexibility index (Phi) is 6.06. The molecule has 0 amide bonds. The van der Waals surface area contributed by atoms with Crippen LogP contribution in [0, 0.1) is 11.8 Å². The van der Waals surface area contributed by atoms with Crippen LogP contribution in [0.1, 0.15) is 41.5 Å². The molecule has 0 aromatic carbocycles. The van der Waals surface area contributed by atoms with Crippen LogP contribution >= 0.6 is 0 Å². The van der Waals surface area contributed by atoms with E-state index in [4.69, 9.17) is 0 Å². The van der Waals surface area contributed by atoms with Crippen LogP contribution in [0.4, 0.5) is 0 Å². The fraction of sp³-hybridized carbons (Fsp3) is 0.917. The first-order chi connectivity index (χ1) is 6.77. The molecule has 0 aliphatic rings. The van der Waals surface area contributed by atoms with Gasteiger partial charge in [-0.15, -0.1) is 0 Å². The second-order valence-corrected chi connectivity index (χ2v) is 5.09. The molecule has 0 aliphatic carbocycles. The highest BCUT2D eigenvalue weighted by molar-refractivity contribution is 5.86. The molecule has 0 aromatic heterocycles. The van der Waals surface area contributed by atoms with Crippen molar-refractivity contribution in [1.29, 1.82) is 0 Å². The summed E-state index contributed by atoms with van der Waals surface area (Å²) in [5.41, 5.74) is 0. The highest BCUT2D eigenvalue weighted by Crippen LogP contribution is 2.12. The van der Waals surface area contributed by atoms with Crippen LogP contribution < -0.4 is 5.32 Å². The second-order valence-electron chi connectivity index (χ2n) is 5.09. The topological polar surface area (TPSA) is 49.3 Å². The van der Waals surface area contributed by atoms with Crippen molar-refractivity contribution in [3.63, 3.8) is 0 Å². The van der Waals surface area contributed by atoms with Crippen molar-refractivity contribution in [2.24, 2.45) is 11.8 Å². The van der Waals surface area contributed by atoms with Gasteiger partial charge in [-0.3, -0.25) is 4.79 Å². The van der Waals surface area contributed by atoms with Gasteiger partial charge in [0, 0.05) is 12.0 Å². The van der Waals surface area contributed by atoms with Crippen molar-refractivity contribution >= 4 is 5.78 Å². The zero-order chi connectivity index (χ0) is 12.2. The highest BCUT2D eigenvalue weighted by Gasteiger charge is 2.30. The third-order valence-corrected chi connectivity index (χ3v) is 2.41. The van der Waals surface area contributed by atoms with E-state index in [-0.39, 0.29) is 23.7 Å². The van der Waals surface area contributed by atoms with Crippen molar-refractivity contribution in [3.05, 3.63) is 0 Å². The first-order valence-electron chi connectivity index (χ1n) is 5.75. The molecule has 90 valence electrons. The van der Waals surface area contributed by atoms with Crippen molar-refractivity contribution in [2.75, 3.05) is 0 Å². The third-order valence-electron chi connectivity index (χ3n) is 2.41. The van der Waals surface area contributed by atoms with E-state index in [2.05, 4.69) is 5.32 Å². The number of rotatable bonds is 6. The van der Waals surface area contributed by atoms with Gasteiger partial charge in [0.1, 0.15) is 0 Å². The number of Topliss-reactive ketones (excluding diaryl/α,β-unsaturated/α-hetero) is 1. The summed E-state index contributed by atoms with van der Waals surface area (Å²) in [5, 5.41) is 13.1. The molecule has 0 bridgehead atoms. The summed E-state index contributed by atoms with van der Waals surface area (Å²) in [6.07, 6.45) is -0.609. The molecule has 0 heterocycles. The number of aliphatic hydroxyl groups excluding tert-OH is 1. The summed E-state index contributed by atoms with van der Waals surface area (Å²) in [7, 11) is 0. The molecule has 0 saturated heterocycles. The first-order valence-corrected chi connectivity index (χ1v) is 5.75. The lowest BCUT2D eigenvalue weighted by Gasteiger charge is -2.28. The summed E-state index contributed by atoms with van der Waals surface area (Å²) in [5.74, 6) is 0.128. The molecule has 0 aromatic rings. The minimum absolute atomic E-state index is 0.0466. The molecule has 2 atom stereocenters. The normalized spacial score (nSPS) is 16.1. The summed E-state index contributed by atoms with van der Waals surface area (Å²) in [6.45, 7) is 11.5. The number of ketones is 1. The Morgan fingerprint density at radius 3 is 1.80 bits per heavy atom. The van der Waals surface area contributed by atoms with E-state index < -0.39 is 12.1 Å². The largest absolute Gasteiger partial charge is 0.391 e. The van der Waals surface area contributed by atoms with E-state index >= 15 is 0 Å². The Hall–Kier alpha value is -0.410. The Labute approximate surface area is 93.3 Å². The van der Waals surface area contributed by atoms with Crippen molar-refractivity contribution < 1.29 is 9.90 Å². The van der Waals surface area contributed by atoms with Gasteiger partial charge in [0.15, 0.2) is 5.78 Å². The van der Waals surface area contributed by atoms with Gasteiger partial charge in [-0.05, 0) is 5.92 Å². The number of nitrogens with one attached hydrogen (secondary N) is 1. The van der Waals surface area contributed by atoms with Gasteiger partial charge < -0.3 is 10.4 Å². The van der Waals surface area contributed by atoms with Crippen LogP contribution in [-0.2, 0) is 4.79 Å². The van der Waals surface area contributed by atoms with Crippen molar-refractivity contribution in [3.8, 4) is 0 Å². The van der Waals surface area contributed by atoms with Crippen LogP contribution in [0.25, 0.3) is 0 Å². The number of hydrogen-bond donors (Lipinski definition) is 2. The quantitative estimate of drug-likeness (QED) is 0.707.